The summed E-state index contributed by atoms with van der Waals surface area (Å²) in [6.07, 6.45) is 5.91. The zero-order valence-corrected chi connectivity index (χ0v) is 19.5. The number of aryl methyl sites for hydroxylation is 2. The Morgan fingerprint density at radius 3 is 2.69 bits per heavy atom. The maximum atomic E-state index is 14.7. The molecule has 1 aliphatic heterocycles. The lowest BCUT2D eigenvalue weighted by atomic mass is 9.82. The van der Waals surface area contributed by atoms with Crippen LogP contribution in [0.5, 0.6) is 0 Å². The van der Waals surface area contributed by atoms with Crippen LogP contribution in [0, 0.1) is 18.7 Å². The Bertz CT molecular complexity index is 1210. The van der Waals surface area contributed by atoms with Gasteiger partial charge in [0.2, 0.25) is 0 Å². The molecule has 4 nitrogen and oxygen atoms in total. The summed E-state index contributed by atoms with van der Waals surface area (Å²) in [6, 6.07) is 1.55. The first kappa shape index (κ1) is 22.4. The van der Waals surface area contributed by atoms with E-state index in [4.69, 9.17) is 9.72 Å². The molecule has 1 unspecified atom stereocenters. The van der Waals surface area contributed by atoms with Crippen molar-refractivity contribution >= 4 is 28.2 Å². The zero-order valence-electron chi connectivity index (χ0n) is 19.5. The van der Waals surface area contributed by atoms with E-state index in [0.717, 1.165) is 53.5 Å². The molecule has 168 valence electrons. The number of hydrogen-bond acceptors (Lipinski definition) is 4. The van der Waals surface area contributed by atoms with Crippen LogP contribution < -0.4 is 0 Å². The van der Waals surface area contributed by atoms with Crippen molar-refractivity contribution in [1.82, 2.24) is 4.98 Å². The van der Waals surface area contributed by atoms with Gasteiger partial charge in [0.1, 0.15) is 12.4 Å². The highest BCUT2D eigenvalue weighted by molar-refractivity contribution is 6.00. The quantitative estimate of drug-likeness (QED) is 0.573. The second-order valence-corrected chi connectivity index (χ2v) is 8.85. The molecule has 2 aliphatic rings. The zero-order chi connectivity index (χ0) is 23.2. The number of rotatable bonds is 5. The summed E-state index contributed by atoms with van der Waals surface area (Å²) in [5.41, 5.74) is 7.91. The van der Waals surface area contributed by atoms with Gasteiger partial charge in [-0.1, -0.05) is 19.9 Å². The number of carbonyl (C=O) groups excluding carboxylic acids is 2. The van der Waals surface area contributed by atoms with Crippen LogP contribution >= 0.6 is 0 Å². The van der Waals surface area contributed by atoms with Gasteiger partial charge in [-0.15, -0.1) is 0 Å². The highest BCUT2D eigenvalue weighted by atomic mass is 19.1. The van der Waals surface area contributed by atoms with E-state index in [-0.39, 0.29) is 24.2 Å². The number of ether oxygens (including phenoxy) is 1. The Morgan fingerprint density at radius 2 is 2.00 bits per heavy atom. The first-order chi connectivity index (χ1) is 15.3. The van der Waals surface area contributed by atoms with Crippen LogP contribution in [-0.4, -0.2) is 23.3 Å². The second kappa shape index (κ2) is 8.61. The standard InChI is InChI=1S/C27H30FNO3/c1-6-17-19-10-8-9-18-15(4)22(28)12-23(25(18)19)29-26(17)14(3)11-20-16(5)27(31)32-13-21(20)24(30)7-2/h11-12,16H,6-10,13H2,1-5H3/b14-11+. The van der Waals surface area contributed by atoms with E-state index in [1.54, 1.807) is 13.0 Å². The summed E-state index contributed by atoms with van der Waals surface area (Å²) < 4.78 is 19.9. The van der Waals surface area contributed by atoms with Crippen molar-refractivity contribution in [3.63, 3.8) is 0 Å². The predicted octanol–water partition coefficient (Wildman–Crippen LogP) is 5.61. The van der Waals surface area contributed by atoms with Gasteiger partial charge in [0.25, 0.3) is 0 Å². The van der Waals surface area contributed by atoms with Gasteiger partial charge >= 0.3 is 5.97 Å². The fraction of sp³-hybridized carbons (Fsp3) is 0.444. The minimum atomic E-state index is -0.514. The van der Waals surface area contributed by atoms with Crippen LogP contribution in [0.3, 0.4) is 0 Å². The van der Waals surface area contributed by atoms with Crippen LogP contribution in [0.1, 0.15) is 68.5 Å². The van der Waals surface area contributed by atoms with E-state index in [2.05, 4.69) is 6.92 Å². The molecular formula is C27H30FNO3. The molecule has 32 heavy (non-hydrogen) atoms. The van der Waals surface area contributed by atoms with Crippen molar-refractivity contribution < 1.29 is 18.7 Å². The van der Waals surface area contributed by atoms with Crippen molar-refractivity contribution in [2.24, 2.45) is 5.92 Å². The van der Waals surface area contributed by atoms with Gasteiger partial charge in [-0.05, 0) is 79.9 Å². The Balaban J connectivity index is 1.96. The van der Waals surface area contributed by atoms with Gasteiger partial charge in [0.05, 0.1) is 17.1 Å². The molecule has 0 bridgehead atoms. The van der Waals surface area contributed by atoms with Crippen molar-refractivity contribution in [1.29, 1.82) is 0 Å². The molecule has 4 rings (SSSR count). The fourth-order valence-corrected chi connectivity index (χ4v) is 5.14. The smallest absolute Gasteiger partial charge is 0.313 e. The van der Waals surface area contributed by atoms with E-state index in [9.17, 15) is 14.0 Å². The Hall–Kier alpha value is -2.82. The van der Waals surface area contributed by atoms with Gasteiger partial charge in [0.15, 0.2) is 5.78 Å². The van der Waals surface area contributed by atoms with Crippen LogP contribution in [-0.2, 0) is 33.6 Å². The number of allylic oxidation sites excluding steroid dienone is 2. The molecule has 0 saturated carbocycles. The molecule has 1 atom stereocenters. The molecule has 0 saturated heterocycles. The molecule has 1 aromatic heterocycles. The third-order valence-electron chi connectivity index (χ3n) is 6.95. The lowest BCUT2D eigenvalue weighted by Gasteiger charge is -2.25. The first-order valence-corrected chi connectivity index (χ1v) is 11.5. The SMILES string of the molecule is CCC(=O)C1=C(/C=C(\C)c2nc3cc(F)c(C)c4c3c(c2CC)CCC4)C(C)C(=O)OC1. The first-order valence-electron chi connectivity index (χ1n) is 11.5. The number of carbonyl (C=O) groups is 2. The number of cyclic esters (lactones) is 1. The number of aromatic nitrogens is 1. The molecule has 2 heterocycles. The normalized spacial score (nSPS) is 18.9. The van der Waals surface area contributed by atoms with Crippen LogP contribution in [0.15, 0.2) is 23.3 Å². The Kier molecular flexibility index (Phi) is 6.02. The third kappa shape index (κ3) is 3.58. The number of benzene rings is 1. The summed E-state index contributed by atoms with van der Waals surface area (Å²) in [7, 11) is 0. The Morgan fingerprint density at radius 1 is 1.28 bits per heavy atom. The van der Waals surface area contributed by atoms with E-state index in [0.29, 0.717) is 23.1 Å². The predicted molar refractivity (Wildman–Crippen MR) is 124 cm³/mol. The molecular weight excluding hydrogens is 405 g/mol. The van der Waals surface area contributed by atoms with E-state index >= 15 is 0 Å². The van der Waals surface area contributed by atoms with Gasteiger partial charge in [-0.25, -0.2) is 9.37 Å². The van der Waals surface area contributed by atoms with Crippen LogP contribution in [0.2, 0.25) is 0 Å². The maximum Gasteiger partial charge on any atom is 0.313 e. The van der Waals surface area contributed by atoms with E-state index in [1.165, 1.54) is 11.1 Å². The van der Waals surface area contributed by atoms with Crippen LogP contribution in [0.25, 0.3) is 16.5 Å². The average Bonchev–Trinajstić information content (AvgIpc) is 2.79. The molecule has 2 aromatic rings. The highest BCUT2D eigenvalue weighted by Crippen LogP contribution is 2.38. The molecule has 0 spiro atoms. The molecule has 1 aliphatic carbocycles. The van der Waals surface area contributed by atoms with Crippen molar-refractivity contribution in [2.45, 2.75) is 66.7 Å². The number of pyridine rings is 1. The summed E-state index contributed by atoms with van der Waals surface area (Å²) in [5.74, 6) is -1.06. The monoisotopic (exact) mass is 435 g/mol. The number of hydrogen-bond donors (Lipinski definition) is 0. The lowest BCUT2D eigenvalue weighted by molar-refractivity contribution is -0.147. The Labute approximate surface area is 188 Å². The number of halogens is 1. The number of nitrogens with zero attached hydrogens (tertiary/aromatic N) is 1. The summed E-state index contributed by atoms with van der Waals surface area (Å²) in [4.78, 5) is 29.7. The largest absolute Gasteiger partial charge is 0.460 e. The fourth-order valence-electron chi connectivity index (χ4n) is 5.14. The minimum absolute atomic E-state index is 0.0112. The highest BCUT2D eigenvalue weighted by Gasteiger charge is 2.30. The minimum Gasteiger partial charge on any atom is -0.460 e. The van der Waals surface area contributed by atoms with Gasteiger partial charge in [-0.2, -0.15) is 0 Å². The van der Waals surface area contributed by atoms with Gasteiger partial charge in [0, 0.05) is 23.4 Å². The van der Waals surface area contributed by atoms with Crippen molar-refractivity contribution in [2.75, 3.05) is 6.61 Å². The van der Waals surface area contributed by atoms with Crippen LogP contribution in [0.4, 0.5) is 4.39 Å². The summed E-state index contributed by atoms with van der Waals surface area (Å²) in [6.45, 7) is 9.52. The molecule has 5 heteroatoms. The lowest BCUT2D eigenvalue weighted by Crippen LogP contribution is -2.28. The maximum absolute atomic E-state index is 14.7. The average molecular weight is 436 g/mol. The van der Waals surface area contributed by atoms with E-state index < -0.39 is 5.92 Å². The van der Waals surface area contributed by atoms with Gasteiger partial charge in [-0.3, -0.25) is 9.59 Å². The molecule has 1 aromatic carbocycles. The number of ketones is 1. The van der Waals surface area contributed by atoms with Crippen molar-refractivity contribution in [3.05, 3.63) is 57.1 Å². The number of esters is 1. The topological polar surface area (TPSA) is 56.3 Å². The molecule has 0 fully saturated rings. The van der Waals surface area contributed by atoms with Crippen molar-refractivity contribution in [3.8, 4) is 0 Å². The van der Waals surface area contributed by atoms with Gasteiger partial charge < -0.3 is 4.74 Å². The van der Waals surface area contributed by atoms with E-state index in [1.807, 2.05) is 26.8 Å². The molecule has 0 amide bonds. The summed E-state index contributed by atoms with van der Waals surface area (Å²) in [5, 5.41) is 1.11. The molecule has 0 radical (unpaired) electrons. The third-order valence-corrected chi connectivity index (χ3v) is 6.95. The summed E-state index contributed by atoms with van der Waals surface area (Å²) >= 11 is 0. The molecule has 0 N–H and O–H groups in total. The second-order valence-electron chi connectivity index (χ2n) is 8.85. The number of Topliss-reactive ketones (excluding diaryl/α,β-unsaturated/α-hetero) is 1.